The summed E-state index contributed by atoms with van der Waals surface area (Å²) in [7, 11) is 0. The highest BCUT2D eigenvalue weighted by atomic mass is 35.5. The van der Waals surface area contributed by atoms with Gasteiger partial charge in [-0.25, -0.2) is 14.4 Å². The molecule has 0 heterocycles. The fourth-order valence-electron chi connectivity index (χ4n) is 2.22. The van der Waals surface area contributed by atoms with Crippen LogP contribution in [0.3, 0.4) is 0 Å². The number of carbonyl (C=O) groups is 3. The van der Waals surface area contributed by atoms with E-state index in [0.29, 0.717) is 0 Å². The van der Waals surface area contributed by atoms with Crippen LogP contribution in [0.1, 0.15) is 27.0 Å². The second kappa shape index (κ2) is 8.61. The van der Waals surface area contributed by atoms with Crippen molar-refractivity contribution in [2.75, 3.05) is 0 Å². The maximum atomic E-state index is 12.5. The zero-order valence-corrected chi connectivity index (χ0v) is 16.4. The lowest BCUT2D eigenvalue weighted by molar-refractivity contribution is -0.158. The molecule has 0 bridgehead atoms. The second-order valence-corrected chi connectivity index (χ2v) is 6.75. The van der Waals surface area contributed by atoms with Crippen LogP contribution in [0.5, 0.6) is 5.75 Å². The number of hydrogen-bond acceptors (Lipinski definition) is 5. The first-order chi connectivity index (χ1) is 12.6. The van der Waals surface area contributed by atoms with E-state index in [1.807, 2.05) is 26.0 Å². The second-order valence-electron chi connectivity index (χ2n) is 5.56. The summed E-state index contributed by atoms with van der Waals surface area (Å²) in [6, 6.07) is 6.71. The number of carbonyl (C=O) groups excluding carboxylic acids is 2. The van der Waals surface area contributed by atoms with E-state index in [0.717, 1.165) is 22.8 Å². The molecule has 0 unspecified atom stereocenters. The number of halogens is 3. The zero-order valence-electron chi connectivity index (χ0n) is 14.1. The first-order valence-electron chi connectivity index (χ1n) is 7.47. The molecule has 27 heavy (non-hydrogen) atoms. The SMILES string of the molecule is Cc1ccc(COC(=O)c2c(Cl)c(Cl)cc(Cl)c2OC(=O)C(=O)O)c(C)c1. The van der Waals surface area contributed by atoms with Crippen LogP contribution in [0.15, 0.2) is 24.3 Å². The molecule has 0 spiro atoms. The molecule has 0 atom stereocenters. The van der Waals surface area contributed by atoms with Gasteiger partial charge >= 0.3 is 17.9 Å². The third-order valence-electron chi connectivity index (χ3n) is 3.56. The Kier molecular flexibility index (Phi) is 6.70. The van der Waals surface area contributed by atoms with Gasteiger partial charge in [-0.2, -0.15) is 0 Å². The molecule has 0 radical (unpaired) electrons. The molecule has 0 fully saturated rings. The van der Waals surface area contributed by atoms with E-state index in [1.165, 1.54) is 0 Å². The van der Waals surface area contributed by atoms with Crippen molar-refractivity contribution >= 4 is 52.7 Å². The van der Waals surface area contributed by atoms with Crippen LogP contribution >= 0.6 is 34.8 Å². The summed E-state index contributed by atoms with van der Waals surface area (Å²) in [5.74, 6) is -5.02. The molecule has 2 rings (SSSR count). The number of hydrogen-bond donors (Lipinski definition) is 1. The van der Waals surface area contributed by atoms with Gasteiger partial charge in [-0.1, -0.05) is 58.6 Å². The number of rotatable bonds is 4. The molecular weight excluding hydrogens is 419 g/mol. The van der Waals surface area contributed by atoms with Crippen LogP contribution in [-0.4, -0.2) is 23.0 Å². The summed E-state index contributed by atoms with van der Waals surface area (Å²) in [6.07, 6.45) is 0. The van der Waals surface area contributed by atoms with Gasteiger partial charge in [0, 0.05) is 0 Å². The lowest BCUT2D eigenvalue weighted by Crippen LogP contribution is -2.21. The van der Waals surface area contributed by atoms with Crippen LogP contribution in [-0.2, 0) is 20.9 Å². The summed E-state index contributed by atoms with van der Waals surface area (Å²) >= 11 is 17.9. The predicted octanol–water partition coefficient (Wildman–Crippen LogP) is 4.61. The Bertz CT molecular complexity index is 939. The Labute approximate surface area is 169 Å². The summed E-state index contributed by atoms with van der Waals surface area (Å²) in [5, 5.41) is 8.07. The topological polar surface area (TPSA) is 89.9 Å². The molecule has 142 valence electrons. The van der Waals surface area contributed by atoms with Gasteiger partial charge in [0.05, 0.1) is 15.1 Å². The number of carboxylic acids is 1. The highest BCUT2D eigenvalue weighted by molar-refractivity contribution is 6.46. The molecule has 2 aromatic rings. The molecule has 0 aliphatic carbocycles. The minimum Gasteiger partial charge on any atom is -0.473 e. The highest BCUT2D eigenvalue weighted by Crippen LogP contribution is 2.40. The Balaban J connectivity index is 2.35. The minimum absolute atomic E-state index is 0.0856. The molecule has 6 nitrogen and oxygen atoms in total. The van der Waals surface area contributed by atoms with Gasteiger partial charge in [0.25, 0.3) is 0 Å². The normalized spacial score (nSPS) is 10.4. The third kappa shape index (κ3) is 4.91. The Morgan fingerprint density at radius 1 is 1.04 bits per heavy atom. The van der Waals surface area contributed by atoms with E-state index < -0.39 is 29.2 Å². The average Bonchev–Trinajstić information content (AvgIpc) is 2.58. The highest BCUT2D eigenvalue weighted by Gasteiger charge is 2.28. The maximum absolute atomic E-state index is 12.5. The number of esters is 2. The van der Waals surface area contributed by atoms with Crippen molar-refractivity contribution in [1.29, 1.82) is 0 Å². The largest absolute Gasteiger partial charge is 0.473 e. The summed E-state index contributed by atoms with van der Waals surface area (Å²) in [4.78, 5) is 34.6. The fraction of sp³-hybridized carbons (Fsp3) is 0.167. The predicted molar refractivity (Wildman–Crippen MR) is 99.8 cm³/mol. The number of carboxylic acid groups (broad SMARTS) is 1. The van der Waals surface area contributed by atoms with Crippen molar-refractivity contribution in [3.8, 4) is 5.75 Å². The Morgan fingerprint density at radius 2 is 1.70 bits per heavy atom. The molecule has 0 aliphatic heterocycles. The number of aliphatic carboxylic acids is 1. The van der Waals surface area contributed by atoms with Crippen molar-refractivity contribution in [3.05, 3.63) is 61.6 Å². The Morgan fingerprint density at radius 3 is 2.30 bits per heavy atom. The van der Waals surface area contributed by atoms with E-state index in [2.05, 4.69) is 4.74 Å². The number of ether oxygens (including phenoxy) is 2. The standard InChI is InChI=1S/C18H13Cl3O6/c1-8-3-4-10(9(2)5-8)7-26-17(24)13-14(21)11(19)6-12(20)15(13)27-18(25)16(22)23/h3-6H,7H2,1-2H3,(H,22,23). The average molecular weight is 432 g/mol. The van der Waals surface area contributed by atoms with Crippen molar-refractivity contribution in [2.24, 2.45) is 0 Å². The van der Waals surface area contributed by atoms with Crippen LogP contribution in [0, 0.1) is 13.8 Å². The summed E-state index contributed by atoms with van der Waals surface area (Å²) < 4.78 is 9.90. The number of aryl methyl sites for hydroxylation is 2. The van der Waals surface area contributed by atoms with Gasteiger partial charge in [-0.15, -0.1) is 0 Å². The van der Waals surface area contributed by atoms with Crippen molar-refractivity contribution in [3.63, 3.8) is 0 Å². The lowest BCUT2D eigenvalue weighted by Gasteiger charge is -2.14. The van der Waals surface area contributed by atoms with Gasteiger partial charge in [-0.05, 0) is 31.0 Å². The first-order valence-corrected chi connectivity index (χ1v) is 8.61. The van der Waals surface area contributed by atoms with Crippen LogP contribution in [0.2, 0.25) is 15.1 Å². The van der Waals surface area contributed by atoms with E-state index in [9.17, 15) is 14.4 Å². The zero-order chi connectivity index (χ0) is 20.3. The first kappa shape index (κ1) is 21.0. The van der Waals surface area contributed by atoms with E-state index >= 15 is 0 Å². The monoisotopic (exact) mass is 430 g/mol. The molecule has 0 aliphatic rings. The fourth-order valence-corrected chi connectivity index (χ4v) is 2.94. The number of benzene rings is 2. The molecular formula is C18H13Cl3O6. The van der Waals surface area contributed by atoms with E-state index in [1.54, 1.807) is 6.07 Å². The van der Waals surface area contributed by atoms with Gasteiger partial charge in [0.1, 0.15) is 12.2 Å². The van der Waals surface area contributed by atoms with Gasteiger partial charge in [-0.3, -0.25) is 0 Å². The maximum Gasteiger partial charge on any atom is 0.422 e. The molecule has 0 saturated carbocycles. The van der Waals surface area contributed by atoms with Crippen LogP contribution in [0.4, 0.5) is 0 Å². The molecule has 0 amide bonds. The van der Waals surface area contributed by atoms with Crippen LogP contribution < -0.4 is 4.74 Å². The lowest BCUT2D eigenvalue weighted by atomic mass is 10.1. The smallest absolute Gasteiger partial charge is 0.422 e. The van der Waals surface area contributed by atoms with Gasteiger partial charge in [0.15, 0.2) is 5.75 Å². The van der Waals surface area contributed by atoms with Crippen molar-refractivity contribution in [2.45, 2.75) is 20.5 Å². The minimum atomic E-state index is -1.87. The molecule has 0 aromatic heterocycles. The summed E-state index contributed by atoms with van der Waals surface area (Å²) in [5.41, 5.74) is 2.28. The van der Waals surface area contributed by atoms with Crippen molar-refractivity contribution < 1.29 is 29.0 Å². The van der Waals surface area contributed by atoms with E-state index in [4.69, 9.17) is 44.6 Å². The Hall–Kier alpha value is -2.28. The summed E-state index contributed by atoms with van der Waals surface area (Å²) in [6.45, 7) is 3.71. The van der Waals surface area contributed by atoms with Crippen molar-refractivity contribution in [1.82, 2.24) is 0 Å². The molecule has 1 N–H and O–H groups in total. The van der Waals surface area contributed by atoms with Crippen LogP contribution in [0.25, 0.3) is 0 Å². The van der Waals surface area contributed by atoms with Gasteiger partial charge < -0.3 is 14.6 Å². The molecule has 2 aromatic carbocycles. The quantitative estimate of drug-likeness (QED) is 0.329. The van der Waals surface area contributed by atoms with E-state index in [-0.39, 0.29) is 21.7 Å². The molecule has 9 heteroatoms. The third-order valence-corrected chi connectivity index (χ3v) is 4.63. The molecule has 0 saturated heterocycles. The van der Waals surface area contributed by atoms with Gasteiger partial charge in [0.2, 0.25) is 0 Å².